The molecule has 0 radical (unpaired) electrons. The Morgan fingerprint density at radius 3 is 2.63 bits per heavy atom. The van der Waals surface area contributed by atoms with Gasteiger partial charge in [-0.3, -0.25) is 14.7 Å². The molecule has 3 heterocycles. The van der Waals surface area contributed by atoms with Crippen LogP contribution in [0.1, 0.15) is 43.1 Å². The lowest BCUT2D eigenvalue weighted by Gasteiger charge is -2.18. The predicted molar refractivity (Wildman–Crippen MR) is 115 cm³/mol. The van der Waals surface area contributed by atoms with E-state index >= 15 is 0 Å². The lowest BCUT2D eigenvalue weighted by Crippen LogP contribution is -2.29. The first-order valence-electron chi connectivity index (χ1n) is 10.4. The van der Waals surface area contributed by atoms with Crippen LogP contribution >= 0.6 is 0 Å². The van der Waals surface area contributed by atoms with E-state index in [1.54, 1.807) is 13.2 Å². The van der Waals surface area contributed by atoms with Gasteiger partial charge in [-0.1, -0.05) is 43.7 Å². The summed E-state index contributed by atoms with van der Waals surface area (Å²) < 4.78 is 6.82. The van der Waals surface area contributed by atoms with Gasteiger partial charge in [0.05, 0.1) is 18.0 Å². The lowest BCUT2D eigenvalue weighted by atomic mass is 10.0. The summed E-state index contributed by atoms with van der Waals surface area (Å²) in [5.41, 5.74) is 4.86. The number of fused-ring (bicyclic) bond motifs is 1. The number of aryl methyl sites for hydroxylation is 1. The molecule has 1 saturated heterocycles. The van der Waals surface area contributed by atoms with Gasteiger partial charge in [-0.15, -0.1) is 0 Å². The number of aromatic nitrogens is 3. The van der Waals surface area contributed by atoms with Crippen molar-refractivity contribution >= 4 is 11.6 Å². The highest BCUT2D eigenvalue weighted by atomic mass is 16.5. The summed E-state index contributed by atoms with van der Waals surface area (Å²) in [6, 6.07) is 9.68. The molecule has 1 atom stereocenters. The Hall–Kier alpha value is -2.93. The third kappa shape index (κ3) is 3.77. The van der Waals surface area contributed by atoms with Gasteiger partial charge >= 0.3 is 0 Å². The van der Waals surface area contributed by atoms with E-state index in [-0.39, 0.29) is 17.4 Å². The smallest absolute Gasteiger partial charge is 0.272 e. The number of H-pyrrole nitrogens is 1. The molecule has 0 unspecified atom stereocenters. The molecule has 7 heteroatoms. The van der Waals surface area contributed by atoms with Crippen molar-refractivity contribution < 1.29 is 9.53 Å². The number of carbonyl (C=O) groups excluding carboxylic acids is 1. The van der Waals surface area contributed by atoms with Gasteiger partial charge in [0, 0.05) is 44.2 Å². The molecular formula is C23H28N4O3. The van der Waals surface area contributed by atoms with Crippen molar-refractivity contribution in [3.8, 4) is 11.1 Å². The van der Waals surface area contributed by atoms with Crippen LogP contribution in [-0.4, -0.2) is 45.6 Å². The summed E-state index contributed by atoms with van der Waals surface area (Å²) in [5, 5.41) is 3.15. The third-order valence-corrected chi connectivity index (χ3v) is 5.56. The Bertz CT molecular complexity index is 1130. The molecule has 2 aromatic heterocycles. The zero-order valence-corrected chi connectivity index (χ0v) is 17.9. The second-order valence-electron chi connectivity index (χ2n) is 8.54. The van der Waals surface area contributed by atoms with Crippen LogP contribution in [0.2, 0.25) is 0 Å². The molecule has 1 aromatic carbocycles. The van der Waals surface area contributed by atoms with Crippen LogP contribution in [0.5, 0.6) is 0 Å². The average Bonchev–Trinajstić information content (AvgIpc) is 3.23. The molecule has 0 bridgehead atoms. The number of aromatic amines is 1. The SMILES string of the molecule is COCc1[nH]n2c(=O)cc([C@@H]3CC(=O)N(CC(C)C)C3)nc2c1-c1ccc(C)cc1. The fraction of sp³-hybridized carbons (Fsp3) is 0.435. The summed E-state index contributed by atoms with van der Waals surface area (Å²) in [7, 11) is 1.62. The highest BCUT2D eigenvalue weighted by molar-refractivity contribution is 5.81. The number of rotatable bonds is 6. The van der Waals surface area contributed by atoms with E-state index in [2.05, 4.69) is 18.9 Å². The number of nitrogens with zero attached hydrogens (tertiary/aromatic N) is 3. The van der Waals surface area contributed by atoms with E-state index in [4.69, 9.17) is 9.72 Å². The zero-order valence-electron chi connectivity index (χ0n) is 17.9. The highest BCUT2D eigenvalue weighted by Gasteiger charge is 2.32. The summed E-state index contributed by atoms with van der Waals surface area (Å²) in [5.74, 6) is 0.465. The van der Waals surface area contributed by atoms with E-state index in [0.29, 0.717) is 36.8 Å². The molecular weight excluding hydrogens is 380 g/mol. The number of carbonyl (C=O) groups is 1. The Balaban J connectivity index is 1.81. The van der Waals surface area contributed by atoms with Crippen LogP contribution < -0.4 is 5.56 Å². The van der Waals surface area contributed by atoms with Gasteiger partial charge in [0.1, 0.15) is 0 Å². The van der Waals surface area contributed by atoms with Gasteiger partial charge in [0.25, 0.3) is 5.56 Å². The minimum atomic E-state index is -0.180. The summed E-state index contributed by atoms with van der Waals surface area (Å²) in [6.07, 6.45) is 0.393. The van der Waals surface area contributed by atoms with Crippen LogP contribution in [-0.2, 0) is 16.1 Å². The first-order chi connectivity index (χ1) is 14.4. The van der Waals surface area contributed by atoms with Crippen LogP contribution in [0.15, 0.2) is 35.1 Å². The first kappa shape index (κ1) is 20.3. The molecule has 158 valence electrons. The van der Waals surface area contributed by atoms with Crippen LogP contribution in [0.3, 0.4) is 0 Å². The Morgan fingerprint density at radius 1 is 1.23 bits per heavy atom. The molecule has 7 nitrogen and oxygen atoms in total. The largest absolute Gasteiger partial charge is 0.378 e. The van der Waals surface area contributed by atoms with E-state index in [1.807, 2.05) is 36.1 Å². The van der Waals surface area contributed by atoms with Gasteiger partial charge in [-0.25, -0.2) is 9.50 Å². The molecule has 1 amide bonds. The quantitative estimate of drug-likeness (QED) is 0.680. The predicted octanol–water partition coefficient (Wildman–Crippen LogP) is 3.12. The summed E-state index contributed by atoms with van der Waals surface area (Å²) >= 11 is 0. The summed E-state index contributed by atoms with van der Waals surface area (Å²) in [4.78, 5) is 32.1. The van der Waals surface area contributed by atoms with E-state index in [9.17, 15) is 9.59 Å². The molecule has 1 fully saturated rings. The number of benzene rings is 1. The minimum absolute atomic E-state index is 0.0689. The number of likely N-dealkylation sites (tertiary alicyclic amines) is 1. The lowest BCUT2D eigenvalue weighted by molar-refractivity contribution is -0.128. The Labute approximate surface area is 175 Å². The number of methoxy groups -OCH3 is 1. The van der Waals surface area contributed by atoms with Crippen LogP contribution in [0.4, 0.5) is 0 Å². The fourth-order valence-electron chi connectivity index (χ4n) is 4.17. The second-order valence-corrected chi connectivity index (χ2v) is 8.54. The van der Waals surface area contributed by atoms with Crippen LogP contribution in [0, 0.1) is 12.8 Å². The normalized spacial score (nSPS) is 16.9. The molecule has 1 aliphatic rings. The molecule has 4 rings (SSSR count). The highest BCUT2D eigenvalue weighted by Crippen LogP contribution is 2.31. The van der Waals surface area contributed by atoms with Gasteiger partial charge < -0.3 is 9.64 Å². The van der Waals surface area contributed by atoms with Crippen LogP contribution in [0.25, 0.3) is 16.8 Å². The molecule has 3 aromatic rings. The Morgan fingerprint density at radius 2 is 1.97 bits per heavy atom. The van der Waals surface area contributed by atoms with Crippen molar-refractivity contribution in [2.45, 2.75) is 39.7 Å². The van der Waals surface area contributed by atoms with E-state index in [0.717, 1.165) is 28.9 Å². The van der Waals surface area contributed by atoms with Crippen molar-refractivity contribution in [3.05, 3.63) is 57.6 Å². The van der Waals surface area contributed by atoms with Crippen molar-refractivity contribution in [3.63, 3.8) is 0 Å². The molecule has 0 spiro atoms. The van der Waals surface area contributed by atoms with Crippen molar-refractivity contribution in [2.24, 2.45) is 5.92 Å². The van der Waals surface area contributed by atoms with Gasteiger partial charge in [0.2, 0.25) is 5.91 Å². The van der Waals surface area contributed by atoms with Crippen molar-refractivity contribution in [2.75, 3.05) is 20.2 Å². The van der Waals surface area contributed by atoms with Crippen molar-refractivity contribution in [1.29, 1.82) is 0 Å². The molecule has 1 aliphatic heterocycles. The molecule has 30 heavy (non-hydrogen) atoms. The second kappa shape index (κ2) is 8.07. The first-order valence-corrected chi connectivity index (χ1v) is 10.4. The monoisotopic (exact) mass is 408 g/mol. The summed E-state index contributed by atoms with van der Waals surface area (Å²) in [6.45, 7) is 7.91. The van der Waals surface area contributed by atoms with Crippen molar-refractivity contribution in [1.82, 2.24) is 19.5 Å². The maximum Gasteiger partial charge on any atom is 0.272 e. The molecule has 1 N–H and O–H groups in total. The molecule has 0 aliphatic carbocycles. The van der Waals surface area contributed by atoms with Gasteiger partial charge in [0.15, 0.2) is 5.65 Å². The number of amides is 1. The zero-order chi connectivity index (χ0) is 21.4. The number of ether oxygens (including phenoxy) is 1. The number of nitrogens with one attached hydrogen (secondary N) is 1. The minimum Gasteiger partial charge on any atom is -0.378 e. The van der Waals surface area contributed by atoms with Gasteiger partial charge in [-0.05, 0) is 18.4 Å². The number of hydrogen-bond donors (Lipinski definition) is 1. The molecule has 0 saturated carbocycles. The van der Waals surface area contributed by atoms with E-state index < -0.39 is 0 Å². The Kier molecular flexibility index (Phi) is 5.47. The fourth-order valence-corrected chi connectivity index (χ4v) is 4.17. The third-order valence-electron chi connectivity index (χ3n) is 5.56. The number of hydrogen-bond acceptors (Lipinski definition) is 4. The average molecular weight is 409 g/mol. The van der Waals surface area contributed by atoms with E-state index in [1.165, 1.54) is 4.52 Å². The van der Waals surface area contributed by atoms with Gasteiger partial charge in [-0.2, -0.15) is 0 Å². The topological polar surface area (TPSA) is 79.7 Å². The standard InChI is InChI=1S/C23H28N4O3/c1-14(2)11-26-12-17(9-20(26)28)18-10-21(29)27-23(24-18)22(19(25-27)13-30-4)16-7-5-15(3)6-8-16/h5-8,10,14,17,25H,9,11-13H2,1-4H3/t17-/m1/s1. The maximum atomic E-state index is 12.9. The maximum absolute atomic E-state index is 12.9.